The number of likely N-dealkylation sites (N-methyl/N-ethyl adjacent to an activating group) is 1. The second-order valence-electron chi connectivity index (χ2n) is 7.50. The Morgan fingerprint density at radius 2 is 2.03 bits per heavy atom. The molecule has 1 aliphatic rings. The highest BCUT2D eigenvalue weighted by Gasteiger charge is 2.28. The largest absolute Gasteiger partial charge is 0.480 e. The third kappa shape index (κ3) is 4.44. The van der Waals surface area contributed by atoms with Crippen LogP contribution in [0.15, 0.2) is 34.2 Å². The van der Waals surface area contributed by atoms with Crippen molar-refractivity contribution < 1.29 is 19.2 Å². The molecule has 1 N–H and O–H groups in total. The molecule has 0 saturated heterocycles. The number of fused-ring (bicyclic) bond motifs is 1. The van der Waals surface area contributed by atoms with Crippen LogP contribution in [-0.4, -0.2) is 57.3 Å². The summed E-state index contributed by atoms with van der Waals surface area (Å²) in [6.45, 7) is 4.56. The van der Waals surface area contributed by atoms with Crippen molar-refractivity contribution in [3.8, 4) is 11.4 Å². The van der Waals surface area contributed by atoms with E-state index in [1.54, 1.807) is 41.3 Å². The predicted octanol–water partition coefficient (Wildman–Crippen LogP) is 2.70. The van der Waals surface area contributed by atoms with Crippen molar-refractivity contribution in [2.45, 2.75) is 26.9 Å². The second-order valence-corrected chi connectivity index (χ2v) is 8.50. The zero-order valence-electron chi connectivity index (χ0n) is 17.5. The van der Waals surface area contributed by atoms with Gasteiger partial charge in [-0.15, -0.1) is 11.3 Å². The minimum absolute atomic E-state index is 0.0670. The van der Waals surface area contributed by atoms with E-state index >= 15 is 0 Å². The number of aryl methyl sites for hydroxylation is 2. The summed E-state index contributed by atoms with van der Waals surface area (Å²) < 4.78 is 5.05. The van der Waals surface area contributed by atoms with Gasteiger partial charge in [-0.05, 0) is 35.6 Å². The fourth-order valence-corrected chi connectivity index (χ4v) is 4.50. The molecule has 1 aromatic carbocycles. The number of carboxylic acid groups (broad SMARTS) is 1. The van der Waals surface area contributed by atoms with Crippen LogP contribution >= 0.6 is 11.3 Å². The summed E-state index contributed by atoms with van der Waals surface area (Å²) in [6.07, 6.45) is 0. The first kappa shape index (κ1) is 21.0. The minimum Gasteiger partial charge on any atom is -0.480 e. The molecule has 162 valence electrons. The molecule has 10 heteroatoms. The number of aromatic nitrogens is 2. The Balaban J connectivity index is 1.55. The first-order chi connectivity index (χ1) is 14.8. The van der Waals surface area contributed by atoms with Crippen molar-refractivity contribution in [2.75, 3.05) is 25.0 Å². The lowest BCUT2D eigenvalue weighted by molar-refractivity contribution is -0.145. The van der Waals surface area contributed by atoms with Gasteiger partial charge in [-0.1, -0.05) is 17.3 Å². The fourth-order valence-electron chi connectivity index (χ4n) is 3.60. The van der Waals surface area contributed by atoms with Crippen molar-refractivity contribution >= 4 is 28.9 Å². The molecule has 3 aromatic rings. The lowest BCUT2D eigenvalue weighted by atomic mass is 10.1. The van der Waals surface area contributed by atoms with Crippen molar-refractivity contribution in [3.05, 3.63) is 51.5 Å². The van der Waals surface area contributed by atoms with Crippen LogP contribution in [0.4, 0.5) is 5.69 Å². The van der Waals surface area contributed by atoms with Crippen LogP contribution in [0.3, 0.4) is 0 Å². The van der Waals surface area contributed by atoms with Gasteiger partial charge in [-0.25, -0.2) is 5.01 Å². The molecule has 0 bridgehead atoms. The van der Waals surface area contributed by atoms with Crippen molar-refractivity contribution in [1.82, 2.24) is 20.2 Å². The van der Waals surface area contributed by atoms with E-state index in [1.807, 2.05) is 24.1 Å². The number of carbonyl (C=O) groups excluding carboxylic acids is 1. The smallest absolute Gasteiger partial charge is 0.323 e. The number of anilines is 1. The molecule has 0 atom stereocenters. The van der Waals surface area contributed by atoms with Crippen molar-refractivity contribution in [2.24, 2.45) is 0 Å². The highest BCUT2D eigenvalue weighted by Crippen LogP contribution is 2.29. The lowest BCUT2D eigenvalue weighted by Crippen LogP contribution is -2.47. The Kier molecular flexibility index (Phi) is 5.75. The van der Waals surface area contributed by atoms with Gasteiger partial charge in [-0.3, -0.25) is 14.6 Å². The summed E-state index contributed by atoms with van der Waals surface area (Å²) >= 11 is 1.68. The highest BCUT2D eigenvalue weighted by atomic mass is 32.1. The van der Waals surface area contributed by atoms with Crippen LogP contribution in [0, 0.1) is 13.8 Å². The van der Waals surface area contributed by atoms with Crippen molar-refractivity contribution in [3.63, 3.8) is 0 Å². The zero-order valence-corrected chi connectivity index (χ0v) is 18.3. The third-order valence-electron chi connectivity index (χ3n) is 5.29. The Morgan fingerprint density at radius 1 is 1.23 bits per heavy atom. The molecule has 2 aromatic heterocycles. The summed E-state index contributed by atoms with van der Waals surface area (Å²) in [5.41, 5.74) is 3.41. The number of benzene rings is 1. The number of hydrazine groups is 1. The SMILES string of the molecule is Cc1nc(-c2ccc(C)c(N(CC(=O)O)CC(=O)N(C)N3Cc4ccsc4C3)c2)no1. The summed E-state index contributed by atoms with van der Waals surface area (Å²) in [4.78, 5) is 31.7. The van der Waals surface area contributed by atoms with Crippen LogP contribution in [0.25, 0.3) is 11.4 Å². The Morgan fingerprint density at radius 3 is 2.71 bits per heavy atom. The van der Waals surface area contributed by atoms with Gasteiger partial charge >= 0.3 is 5.97 Å². The maximum Gasteiger partial charge on any atom is 0.323 e. The van der Waals surface area contributed by atoms with Gasteiger partial charge in [0.1, 0.15) is 6.54 Å². The average Bonchev–Trinajstić information content (AvgIpc) is 3.43. The molecule has 0 aliphatic carbocycles. The van der Waals surface area contributed by atoms with E-state index in [4.69, 9.17) is 4.52 Å². The van der Waals surface area contributed by atoms with E-state index in [2.05, 4.69) is 21.6 Å². The highest BCUT2D eigenvalue weighted by molar-refractivity contribution is 7.10. The number of hydrogen-bond acceptors (Lipinski definition) is 8. The summed E-state index contributed by atoms with van der Waals surface area (Å²) in [6, 6.07) is 7.57. The molecular formula is C21H23N5O4S. The fraction of sp³-hybridized carbons (Fsp3) is 0.333. The first-order valence-electron chi connectivity index (χ1n) is 9.76. The number of aliphatic carboxylic acids is 1. The maximum atomic E-state index is 13.1. The predicted molar refractivity (Wildman–Crippen MR) is 115 cm³/mol. The Bertz CT molecular complexity index is 1100. The number of carbonyl (C=O) groups is 2. The third-order valence-corrected chi connectivity index (χ3v) is 6.24. The van der Waals surface area contributed by atoms with Crippen LogP contribution in [0.5, 0.6) is 0 Å². The van der Waals surface area contributed by atoms with Gasteiger partial charge in [0.05, 0.1) is 13.1 Å². The van der Waals surface area contributed by atoms with Gasteiger partial charge in [0, 0.05) is 36.6 Å². The Hall–Kier alpha value is -3.24. The lowest BCUT2D eigenvalue weighted by Gasteiger charge is -2.31. The maximum absolute atomic E-state index is 13.1. The van der Waals surface area contributed by atoms with Crippen LogP contribution < -0.4 is 4.90 Å². The standard InChI is InChI=1S/C21H23N5O4S/c1-13-4-5-15(21-22-14(2)30-23-21)8-17(13)25(12-20(28)29)11-19(27)24(3)26-9-16-6-7-31-18(16)10-26/h4-8H,9-12H2,1-3H3,(H,28,29). The molecule has 1 aliphatic heterocycles. The number of carboxylic acids is 1. The topological polar surface area (TPSA) is 103 Å². The van der Waals surface area contributed by atoms with E-state index in [1.165, 1.54) is 10.4 Å². The monoisotopic (exact) mass is 441 g/mol. The molecule has 0 unspecified atom stereocenters. The summed E-state index contributed by atoms with van der Waals surface area (Å²) in [5, 5.41) is 19.0. The van der Waals surface area contributed by atoms with Gasteiger partial charge < -0.3 is 14.5 Å². The quantitative estimate of drug-likeness (QED) is 0.597. The number of amides is 1. The zero-order chi connectivity index (χ0) is 22.1. The van der Waals surface area contributed by atoms with Crippen LogP contribution in [0.2, 0.25) is 0 Å². The molecule has 3 heterocycles. The van der Waals surface area contributed by atoms with E-state index in [-0.39, 0.29) is 19.0 Å². The van der Waals surface area contributed by atoms with Gasteiger partial charge in [0.2, 0.25) is 11.7 Å². The number of nitrogens with zero attached hydrogens (tertiary/aromatic N) is 5. The normalized spacial score (nSPS) is 13.3. The molecule has 0 fully saturated rings. The minimum atomic E-state index is -1.01. The molecule has 0 radical (unpaired) electrons. The average molecular weight is 442 g/mol. The van der Waals surface area contributed by atoms with Gasteiger partial charge in [0.25, 0.3) is 5.91 Å². The molecule has 1 amide bonds. The van der Waals surface area contributed by atoms with Crippen LogP contribution in [0.1, 0.15) is 21.9 Å². The molecule has 0 saturated carbocycles. The van der Waals surface area contributed by atoms with E-state index in [9.17, 15) is 14.7 Å². The number of rotatable bonds is 7. The van der Waals surface area contributed by atoms with E-state index < -0.39 is 5.97 Å². The second kappa shape index (κ2) is 8.48. The van der Waals surface area contributed by atoms with Crippen molar-refractivity contribution in [1.29, 1.82) is 0 Å². The first-order valence-corrected chi connectivity index (χ1v) is 10.6. The Labute approximate surface area is 183 Å². The van der Waals surface area contributed by atoms with Crippen LogP contribution in [-0.2, 0) is 22.7 Å². The van der Waals surface area contributed by atoms with Gasteiger partial charge in [-0.2, -0.15) is 4.98 Å². The molecule has 31 heavy (non-hydrogen) atoms. The summed E-state index contributed by atoms with van der Waals surface area (Å²) in [5.74, 6) is -0.341. The molecule has 4 rings (SSSR count). The molecule has 0 spiro atoms. The number of hydrogen-bond donors (Lipinski definition) is 1. The van der Waals surface area contributed by atoms with E-state index in [0.717, 1.165) is 5.56 Å². The molecular weight excluding hydrogens is 418 g/mol. The van der Waals surface area contributed by atoms with Gasteiger partial charge in [0.15, 0.2) is 0 Å². The molecule has 9 nitrogen and oxygen atoms in total. The number of thiophene rings is 1. The van der Waals surface area contributed by atoms with E-state index in [0.29, 0.717) is 36.1 Å². The summed E-state index contributed by atoms with van der Waals surface area (Å²) in [7, 11) is 1.73.